The van der Waals surface area contributed by atoms with Crippen LogP contribution in [0.5, 0.6) is 5.75 Å². The maximum Gasteiger partial charge on any atom is 0.220 e. The Morgan fingerprint density at radius 1 is 1.27 bits per heavy atom. The zero-order valence-electron chi connectivity index (χ0n) is 15.3. The molecule has 3 aromatic rings. The largest absolute Gasteiger partial charge is 0.497 e. The van der Waals surface area contributed by atoms with E-state index in [0.29, 0.717) is 19.4 Å². The van der Waals surface area contributed by atoms with E-state index in [0.717, 1.165) is 34.1 Å². The van der Waals surface area contributed by atoms with Crippen LogP contribution in [-0.2, 0) is 17.8 Å². The third-order valence-electron chi connectivity index (χ3n) is 4.38. The molecule has 6 heteroatoms. The van der Waals surface area contributed by atoms with Gasteiger partial charge in [0.25, 0.3) is 0 Å². The fourth-order valence-corrected chi connectivity index (χ4v) is 2.96. The Morgan fingerprint density at radius 3 is 2.85 bits per heavy atom. The number of carbonyl (C=O) groups excluding carboxylic acids is 1. The lowest BCUT2D eigenvalue weighted by Gasteiger charge is -2.07. The van der Waals surface area contributed by atoms with E-state index in [2.05, 4.69) is 10.4 Å². The van der Waals surface area contributed by atoms with Gasteiger partial charge in [0.1, 0.15) is 11.5 Å². The molecule has 1 N–H and O–H groups in total. The van der Waals surface area contributed by atoms with Gasteiger partial charge in [-0.3, -0.25) is 4.79 Å². The summed E-state index contributed by atoms with van der Waals surface area (Å²) in [6.07, 6.45) is 2.65. The monoisotopic (exact) mass is 353 g/mol. The van der Waals surface area contributed by atoms with Crippen molar-refractivity contribution < 1.29 is 13.9 Å². The Kier molecular flexibility index (Phi) is 5.41. The molecular formula is C20H23N3O3. The number of nitrogens with zero attached hydrogens (tertiary/aromatic N) is 2. The molecule has 0 unspecified atom stereocenters. The van der Waals surface area contributed by atoms with Gasteiger partial charge in [0, 0.05) is 18.2 Å². The number of carbonyl (C=O) groups is 1. The van der Waals surface area contributed by atoms with Crippen molar-refractivity contribution >= 4 is 5.91 Å². The Hall–Kier alpha value is -3.02. The molecule has 0 radical (unpaired) electrons. The summed E-state index contributed by atoms with van der Waals surface area (Å²) < 4.78 is 12.4. The Balaban J connectivity index is 1.67. The van der Waals surface area contributed by atoms with Gasteiger partial charge in [0.05, 0.1) is 31.3 Å². The molecule has 0 aliphatic heterocycles. The molecule has 6 nitrogen and oxygen atoms in total. The van der Waals surface area contributed by atoms with Crippen molar-refractivity contribution in [2.24, 2.45) is 0 Å². The minimum atomic E-state index is -0.00525. The van der Waals surface area contributed by atoms with Crippen LogP contribution < -0.4 is 10.1 Å². The number of methoxy groups -OCH3 is 1. The van der Waals surface area contributed by atoms with Gasteiger partial charge in [-0.1, -0.05) is 6.07 Å². The maximum atomic E-state index is 12.1. The first-order chi connectivity index (χ1) is 12.6. The molecule has 0 saturated carbocycles. The predicted molar refractivity (Wildman–Crippen MR) is 98.5 cm³/mol. The zero-order valence-corrected chi connectivity index (χ0v) is 15.3. The van der Waals surface area contributed by atoms with E-state index in [1.165, 1.54) is 0 Å². The first-order valence-corrected chi connectivity index (χ1v) is 8.57. The molecule has 136 valence electrons. The molecule has 0 fully saturated rings. The molecule has 2 aromatic heterocycles. The van der Waals surface area contributed by atoms with Crippen LogP contribution >= 0.6 is 0 Å². The average molecular weight is 353 g/mol. The molecule has 0 atom stereocenters. The van der Waals surface area contributed by atoms with E-state index in [9.17, 15) is 4.79 Å². The third kappa shape index (κ3) is 3.96. The lowest BCUT2D eigenvalue weighted by atomic mass is 10.1. The van der Waals surface area contributed by atoms with Crippen molar-refractivity contribution in [2.75, 3.05) is 7.11 Å². The van der Waals surface area contributed by atoms with Crippen LogP contribution in [0, 0.1) is 13.8 Å². The number of hydrogen-bond donors (Lipinski definition) is 1. The summed E-state index contributed by atoms with van der Waals surface area (Å²) in [5.41, 5.74) is 4.01. The van der Waals surface area contributed by atoms with E-state index in [4.69, 9.17) is 9.15 Å². The smallest absolute Gasteiger partial charge is 0.220 e. The summed E-state index contributed by atoms with van der Waals surface area (Å²) >= 11 is 0. The first kappa shape index (κ1) is 17.8. The SMILES string of the molecule is COc1cccc(-n2nc(C)c(CCC(=O)NCc3ccco3)c2C)c1. The number of aromatic nitrogens is 2. The third-order valence-corrected chi connectivity index (χ3v) is 4.38. The van der Waals surface area contributed by atoms with Crippen molar-refractivity contribution in [1.29, 1.82) is 0 Å². The minimum absolute atomic E-state index is 0.00525. The van der Waals surface area contributed by atoms with Crippen LogP contribution in [-0.4, -0.2) is 22.8 Å². The number of nitrogens with one attached hydrogen (secondary N) is 1. The number of aryl methyl sites for hydroxylation is 1. The second-order valence-electron chi connectivity index (χ2n) is 6.12. The summed E-state index contributed by atoms with van der Waals surface area (Å²) in [5.74, 6) is 1.53. The molecular weight excluding hydrogens is 330 g/mol. The summed E-state index contributed by atoms with van der Waals surface area (Å²) in [4.78, 5) is 12.1. The molecule has 1 aromatic carbocycles. The number of furan rings is 1. The number of rotatable bonds is 7. The number of benzene rings is 1. The van der Waals surface area contributed by atoms with Gasteiger partial charge in [0.15, 0.2) is 0 Å². The van der Waals surface area contributed by atoms with Crippen molar-refractivity contribution in [2.45, 2.75) is 33.2 Å². The highest BCUT2D eigenvalue weighted by atomic mass is 16.5. The molecule has 3 rings (SSSR count). The van der Waals surface area contributed by atoms with E-state index >= 15 is 0 Å². The summed E-state index contributed by atoms with van der Waals surface area (Å²) in [7, 11) is 1.65. The highest BCUT2D eigenvalue weighted by Crippen LogP contribution is 2.22. The minimum Gasteiger partial charge on any atom is -0.497 e. The van der Waals surface area contributed by atoms with Crippen LogP contribution in [0.2, 0.25) is 0 Å². The highest BCUT2D eigenvalue weighted by molar-refractivity contribution is 5.76. The molecule has 0 saturated heterocycles. The van der Waals surface area contributed by atoms with E-state index < -0.39 is 0 Å². The van der Waals surface area contributed by atoms with Gasteiger partial charge in [-0.2, -0.15) is 5.10 Å². The molecule has 1 amide bonds. The van der Waals surface area contributed by atoms with Crippen LogP contribution in [0.15, 0.2) is 47.1 Å². The van der Waals surface area contributed by atoms with Gasteiger partial charge in [0.2, 0.25) is 5.91 Å². The van der Waals surface area contributed by atoms with Crippen LogP contribution in [0.3, 0.4) is 0 Å². The van der Waals surface area contributed by atoms with Gasteiger partial charge < -0.3 is 14.5 Å². The normalized spacial score (nSPS) is 10.7. The molecule has 0 aliphatic rings. The predicted octanol–water partition coefficient (Wildman–Crippen LogP) is 3.34. The fraction of sp³-hybridized carbons (Fsp3) is 0.300. The summed E-state index contributed by atoms with van der Waals surface area (Å²) in [5, 5.41) is 7.51. The van der Waals surface area contributed by atoms with Crippen molar-refractivity contribution in [3.05, 3.63) is 65.4 Å². The standard InChI is InChI=1S/C20H23N3O3/c1-14-19(9-10-20(24)21-13-18-8-5-11-26-18)15(2)23(22-14)16-6-4-7-17(12-16)25-3/h4-8,11-12H,9-10,13H2,1-3H3,(H,21,24). The lowest BCUT2D eigenvalue weighted by molar-refractivity contribution is -0.121. The molecule has 0 spiro atoms. The second kappa shape index (κ2) is 7.91. The van der Waals surface area contributed by atoms with Gasteiger partial charge in [-0.25, -0.2) is 4.68 Å². The van der Waals surface area contributed by atoms with E-state index in [-0.39, 0.29) is 5.91 Å². The quantitative estimate of drug-likeness (QED) is 0.707. The Labute approximate surface area is 152 Å². The molecule has 0 aliphatic carbocycles. The number of amides is 1. The van der Waals surface area contributed by atoms with Crippen molar-refractivity contribution in [3.63, 3.8) is 0 Å². The molecule has 2 heterocycles. The van der Waals surface area contributed by atoms with Crippen LogP contribution in [0.1, 0.15) is 29.1 Å². The summed E-state index contributed by atoms with van der Waals surface area (Å²) in [6.45, 7) is 4.40. The Morgan fingerprint density at radius 2 is 2.12 bits per heavy atom. The van der Waals surface area contributed by atoms with Crippen LogP contribution in [0.4, 0.5) is 0 Å². The zero-order chi connectivity index (χ0) is 18.5. The fourth-order valence-electron chi connectivity index (χ4n) is 2.96. The van der Waals surface area contributed by atoms with Crippen molar-refractivity contribution in [3.8, 4) is 11.4 Å². The van der Waals surface area contributed by atoms with Gasteiger partial charge in [-0.15, -0.1) is 0 Å². The maximum absolute atomic E-state index is 12.1. The molecule has 0 bridgehead atoms. The van der Waals surface area contributed by atoms with Gasteiger partial charge in [-0.05, 0) is 50.1 Å². The lowest BCUT2D eigenvalue weighted by Crippen LogP contribution is -2.22. The molecule has 26 heavy (non-hydrogen) atoms. The Bertz CT molecular complexity index is 882. The van der Waals surface area contributed by atoms with Crippen LogP contribution in [0.25, 0.3) is 5.69 Å². The number of hydrogen-bond acceptors (Lipinski definition) is 4. The van der Waals surface area contributed by atoms with Crippen molar-refractivity contribution in [1.82, 2.24) is 15.1 Å². The average Bonchev–Trinajstić information content (AvgIpc) is 3.27. The topological polar surface area (TPSA) is 69.3 Å². The van der Waals surface area contributed by atoms with Gasteiger partial charge >= 0.3 is 0 Å². The number of ether oxygens (including phenoxy) is 1. The first-order valence-electron chi connectivity index (χ1n) is 8.57. The second-order valence-corrected chi connectivity index (χ2v) is 6.12. The van der Waals surface area contributed by atoms with E-state index in [1.54, 1.807) is 19.4 Å². The van der Waals surface area contributed by atoms with E-state index in [1.807, 2.05) is 48.9 Å². The summed E-state index contributed by atoms with van der Waals surface area (Å²) in [6, 6.07) is 11.4. The highest BCUT2D eigenvalue weighted by Gasteiger charge is 2.14.